The Morgan fingerprint density at radius 1 is 0.420 bits per heavy atom. The zero-order valence-electron chi connectivity index (χ0n) is 28.9. The van der Waals surface area contributed by atoms with Crippen molar-refractivity contribution in [2.45, 2.75) is 24.7 Å². The largest absolute Gasteiger partial charge is 0.495 e. The van der Waals surface area contributed by atoms with E-state index < -0.39 is 0 Å². The molecule has 0 unspecified atom stereocenters. The lowest BCUT2D eigenvalue weighted by molar-refractivity contribution is 0.415. The predicted molar refractivity (Wildman–Crippen MR) is 204 cm³/mol. The number of rotatable bonds is 11. The van der Waals surface area contributed by atoms with Gasteiger partial charge in [-0.05, 0) is 100 Å². The van der Waals surface area contributed by atoms with Crippen LogP contribution in [0.15, 0.2) is 115 Å². The Balaban J connectivity index is 1.36. The molecule has 0 aliphatic heterocycles. The second kappa shape index (κ2) is 14.6. The van der Waals surface area contributed by atoms with Gasteiger partial charge in [0.15, 0.2) is 0 Å². The van der Waals surface area contributed by atoms with Crippen molar-refractivity contribution >= 4 is 28.3 Å². The summed E-state index contributed by atoms with van der Waals surface area (Å²) in [5.41, 5.74) is 36.2. The quantitative estimate of drug-likeness (QED) is 0.0816. The van der Waals surface area contributed by atoms with Crippen LogP contribution in [0.1, 0.15) is 58.1 Å². The lowest BCUT2D eigenvalue weighted by Gasteiger charge is -2.26. The molecular formula is C42H44N4O4. The number of allylic oxidation sites excluding steroid dienone is 4. The summed E-state index contributed by atoms with van der Waals surface area (Å²) in [5.74, 6) is 2.43. The molecule has 0 aromatic heterocycles. The molecule has 0 saturated heterocycles. The summed E-state index contributed by atoms with van der Waals surface area (Å²) < 4.78 is 22.3. The molecule has 5 aromatic rings. The lowest BCUT2D eigenvalue weighted by Crippen LogP contribution is -2.09. The van der Waals surface area contributed by atoms with Crippen molar-refractivity contribution in [3.63, 3.8) is 0 Å². The van der Waals surface area contributed by atoms with Crippen molar-refractivity contribution in [1.82, 2.24) is 0 Å². The van der Waals surface area contributed by atoms with Gasteiger partial charge < -0.3 is 41.9 Å². The zero-order chi connectivity index (χ0) is 35.4. The summed E-state index contributed by atoms with van der Waals surface area (Å²) >= 11 is 0. The molecule has 5 aromatic carbocycles. The van der Waals surface area contributed by atoms with E-state index >= 15 is 0 Å². The SMILES string of the molecule is COc1cc(C(C2=CC=C(c3ccc(C(c4ccc(N)c(OC)c4)c4ccc(N)c(OC)c4)cc3)CC2)c2ccc(N)c(OC)c2)ccc1N. The topological polar surface area (TPSA) is 141 Å². The average molecular weight is 669 g/mol. The van der Waals surface area contributed by atoms with E-state index in [0.717, 1.165) is 40.7 Å². The second-order valence-electron chi connectivity index (χ2n) is 12.4. The van der Waals surface area contributed by atoms with Crippen LogP contribution in [-0.4, -0.2) is 28.4 Å². The Kier molecular flexibility index (Phi) is 9.90. The predicted octanol–water partition coefficient (Wildman–Crippen LogP) is 8.17. The van der Waals surface area contributed by atoms with Crippen LogP contribution in [0, 0.1) is 0 Å². The van der Waals surface area contributed by atoms with Crippen LogP contribution in [0.25, 0.3) is 5.57 Å². The molecule has 1 aliphatic carbocycles. The Labute approximate surface area is 293 Å². The van der Waals surface area contributed by atoms with E-state index in [2.05, 4.69) is 48.6 Å². The van der Waals surface area contributed by atoms with Crippen LogP contribution in [-0.2, 0) is 0 Å². The molecule has 0 radical (unpaired) electrons. The Morgan fingerprint density at radius 2 is 0.780 bits per heavy atom. The fourth-order valence-electron chi connectivity index (χ4n) is 6.85. The zero-order valence-corrected chi connectivity index (χ0v) is 28.9. The fourth-order valence-corrected chi connectivity index (χ4v) is 6.85. The van der Waals surface area contributed by atoms with E-state index in [-0.39, 0.29) is 11.8 Å². The summed E-state index contributed by atoms with van der Waals surface area (Å²) in [6.07, 6.45) is 6.23. The lowest BCUT2D eigenvalue weighted by atomic mass is 9.79. The molecule has 0 spiro atoms. The van der Waals surface area contributed by atoms with Gasteiger partial charge in [-0.3, -0.25) is 0 Å². The monoisotopic (exact) mass is 668 g/mol. The number of hydrogen-bond donors (Lipinski definition) is 4. The number of nitrogens with two attached hydrogens (primary N) is 4. The Morgan fingerprint density at radius 3 is 1.12 bits per heavy atom. The second-order valence-corrected chi connectivity index (χ2v) is 12.4. The van der Waals surface area contributed by atoms with Crippen LogP contribution in [0.2, 0.25) is 0 Å². The van der Waals surface area contributed by atoms with Crippen LogP contribution in [0.5, 0.6) is 23.0 Å². The van der Waals surface area contributed by atoms with E-state index in [1.54, 1.807) is 28.4 Å². The van der Waals surface area contributed by atoms with Crippen molar-refractivity contribution in [3.8, 4) is 23.0 Å². The van der Waals surface area contributed by atoms with Gasteiger partial charge in [0.1, 0.15) is 23.0 Å². The molecule has 8 N–H and O–H groups in total. The minimum atomic E-state index is -0.102. The number of nitrogen functional groups attached to an aromatic ring is 4. The molecule has 0 amide bonds. The summed E-state index contributed by atoms with van der Waals surface area (Å²) in [6, 6.07) is 32.6. The summed E-state index contributed by atoms with van der Waals surface area (Å²) in [7, 11) is 6.53. The number of methoxy groups -OCH3 is 4. The van der Waals surface area contributed by atoms with Crippen LogP contribution >= 0.6 is 0 Å². The Hall–Kier alpha value is -6.02. The molecule has 0 bridgehead atoms. The smallest absolute Gasteiger partial charge is 0.142 e. The van der Waals surface area contributed by atoms with E-state index in [9.17, 15) is 0 Å². The highest BCUT2D eigenvalue weighted by Crippen LogP contribution is 2.43. The van der Waals surface area contributed by atoms with Crippen molar-refractivity contribution in [1.29, 1.82) is 0 Å². The van der Waals surface area contributed by atoms with Crippen LogP contribution < -0.4 is 41.9 Å². The van der Waals surface area contributed by atoms with E-state index in [0.29, 0.717) is 45.7 Å². The van der Waals surface area contributed by atoms with Gasteiger partial charge in [-0.15, -0.1) is 0 Å². The number of anilines is 4. The van der Waals surface area contributed by atoms with Gasteiger partial charge in [0.05, 0.1) is 51.2 Å². The Bertz CT molecular complexity index is 1960. The highest BCUT2D eigenvalue weighted by molar-refractivity contribution is 5.71. The molecule has 8 nitrogen and oxygen atoms in total. The van der Waals surface area contributed by atoms with E-state index in [4.69, 9.17) is 41.9 Å². The number of hydrogen-bond acceptors (Lipinski definition) is 8. The van der Waals surface area contributed by atoms with Crippen molar-refractivity contribution < 1.29 is 18.9 Å². The first-order valence-corrected chi connectivity index (χ1v) is 16.5. The van der Waals surface area contributed by atoms with Crippen LogP contribution in [0.3, 0.4) is 0 Å². The molecular weight excluding hydrogens is 624 g/mol. The van der Waals surface area contributed by atoms with Crippen molar-refractivity contribution in [2.75, 3.05) is 51.4 Å². The minimum Gasteiger partial charge on any atom is -0.495 e. The van der Waals surface area contributed by atoms with Crippen LogP contribution in [0.4, 0.5) is 22.7 Å². The summed E-state index contributed by atoms with van der Waals surface area (Å²) in [4.78, 5) is 0. The molecule has 1 aliphatic rings. The van der Waals surface area contributed by atoms with Gasteiger partial charge in [0, 0.05) is 11.8 Å². The standard InChI is InChI=1S/C42H44N4O4/c1-47-37-21-29(13-17-33(37)43)41(30-14-18-34(44)38(22-30)48-2)27-9-5-25(6-10-27)26-7-11-28(12-8-26)42(31-15-19-35(45)39(23-31)49-3)32-16-20-36(46)40(24-32)50-4/h5-7,9-11,13-24,41-42H,8,12,43-46H2,1-4H3. The fraction of sp³-hybridized carbons (Fsp3) is 0.190. The highest BCUT2D eigenvalue weighted by Gasteiger charge is 2.24. The van der Waals surface area contributed by atoms with E-state index in [1.165, 1.54) is 16.7 Å². The number of ether oxygens (including phenoxy) is 4. The third-order valence-electron chi connectivity index (χ3n) is 9.53. The van der Waals surface area contributed by atoms with Gasteiger partial charge >= 0.3 is 0 Å². The van der Waals surface area contributed by atoms with Crippen molar-refractivity contribution in [3.05, 3.63) is 148 Å². The molecule has 0 atom stereocenters. The maximum atomic E-state index is 6.19. The molecule has 8 heteroatoms. The third-order valence-corrected chi connectivity index (χ3v) is 9.53. The van der Waals surface area contributed by atoms with Gasteiger partial charge in [0.2, 0.25) is 0 Å². The average Bonchev–Trinajstić information content (AvgIpc) is 3.15. The van der Waals surface area contributed by atoms with Gasteiger partial charge in [-0.25, -0.2) is 0 Å². The van der Waals surface area contributed by atoms with Gasteiger partial charge in [0.25, 0.3) is 0 Å². The number of benzene rings is 5. The minimum absolute atomic E-state index is 0.0336. The maximum absolute atomic E-state index is 6.19. The first-order valence-electron chi connectivity index (χ1n) is 16.5. The maximum Gasteiger partial charge on any atom is 0.142 e. The molecule has 0 fully saturated rings. The molecule has 0 heterocycles. The first kappa shape index (κ1) is 33.9. The molecule has 6 rings (SSSR count). The summed E-state index contributed by atoms with van der Waals surface area (Å²) in [6.45, 7) is 0. The van der Waals surface area contributed by atoms with Crippen molar-refractivity contribution in [2.24, 2.45) is 0 Å². The highest BCUT2D eigenvalue weighted by atomic mass is 16.5. The third kappa shape index (κ3) is 6.78. The first-order chi connectivity index (χ1) is 24.2. The van der Waals surface area contributed by atoms with Gasteiger partial charge in [-0.2, -0.15) is 0 Å². The molecule has 0 saturated carbocycles. The molecule has 256 valence electrons. The normalized spacial score (nSPS) is 12.8. The van der Waals surface area contributed by atoms with Gasteiger partial charge in [-0.1, -0.05) is 66.3 Å². The van der Waals surface area contributed by atoms with E-state index in [1.807, 2.05) is 60.7 Å². The molecule has 50 heavy (non-hydrogen) atoms. The summed E-state index contributed by atoms with van der Waals surface area (Å²) in [5, 5.41) is 0.